The second kappa shape index (κ2) is 19.8. The molecule has 136 valence electrons. The zero-order valence-electron chi connectivity index (χ0n) is 13.2. The second-order valence-corrected chi connectivity index (χ2v) is 4.36. The fourth-order valence-electron chi connectivity index (χ4n) is 0.966. The summed E-state index contributed by atoms with van der Waals surface area (Å²) in [6.07, 6.45) is 3.50. The molecular formula is C14H26O9. The van der Waals surface area contributed by atoms with Gasteiger partial charge in [0.25, 0.3) is 0 Å². The van der Waals surface area contributed by atoms with Gasteiger partial charge in [-0.2, -0.15) is 0 Å². The maximum absolute atomic E-state index is 9.64. The van der Waals surface area contributed by atoms with E-state index in [-0.39, 0.29) is 25.7 Å². The van der Waals surface area contributed by atoms with E-state index in [9.17, 15) is 19.2 Å². The molecule has 0 aliphatic carbocycles. The van der Waals surface area contributed by atoms with Gasteiger partial charge in [-0.1, -0.05) is 26.2 Å². The predicted octanol–water partition coefficient (Wildman–Crippen LogP) is 1.43. The van der Waals surface area contributed by atoms with Gasteiger partial charge in [0.2, 0.25) is 0 Å². The van der Waals surface area contributed by atoms with E-state index in [1.54, 1.807) is 0 Å². The van der Waals surface area contributed by atoms with Crippen LogP contribution in [0.3, 0.4) is 0 Å². The second-order valence-electron chi connectivity index (χ2n) is 4.36. The number of carbonyl (C=O) groups is 4. The van der Waals surface area contributed by atoms with E-state index in [1.807, 2.05) is 0 Å². The zero-order chi connectivity index (χ0) is 18.7. The molecule has 0 aromatic rings. The molecule has 0 aromatic heterocycles. The normalized spacial score (nSPS) is 8.78. The number of rotatable bonds is 10. The van der Waals surface area contributed by atoms with E-state index < -0.39 is 23.9 Å². The number of hydrogen-bond acceptors (Lipinski definition) is 5. The summed E-state index contributed by atoms with van der Waals surface area (Å²) in [4.78, 5) is 38.6. The number of aliphatic carboxylic acids is 4. The Morgan fingerprint density at radius 2 is 0.913 bits per heavy atom. The van der Waals surface area contributed by atoms with Gasteiger partial charge in [0.1, 0.15) is 0 Å². The Bertz CT molecular complexity index is 279. The monoisotopic (exact) mass is 338 g/mol. The molecule has 0 bridgehead atoms. The molecule has 23 heavy (non-hydrogen) atoms. The van der Waals surface area contributed by atoms with Crippen molar-refractivity contribution in [1.29, 1.82) is 0 Å². The highest BCUT2D eigenvalue weighted by molar-refractivity contribution is 5.75. The van der Waals surface area contributed by atoms with Crippen molar-refractivity contribution in [2.45, 2.75) is 58.3 Å². The Hall–Kier alpha value is -2.16. The molecule has 9 heteroatoms. The van der Waals surface area contributed by atoms with Gasteiger partial charge >= 0.3 is 23.9 Å². The third-order valence-corrected chi connectivity index (χ3v) is 2.12. The summed E-state index contributed by atoms with van der Waals surface area (Å²) in [5.41, 5.74) is 0. The molecule has 0 heterocycles. The van der Waals surface area contributed by atoms with Gasteiger partial charge in [-0.25, -0.2) is 0 Å². The molecule has 5 N–H and O–H groups in total. The fourth-order valence-corrected chi connectivity index (χ4v) is 0.966. The summed E-state index contributed by atoms with van der Waals surface area (Å²) in [6, 6.07) is 0. The highest BCUT2D eigenvalue weighted by atomic mass is 16.4. The molecule has 0 rings (SSSR count). The first-order valence-corrected chi connectivity index (χ1v) is 7.15. The van der Waals surface area contributed by atoms with Gasteiger partial charge in [-0.05, 0) is 6.42 Å². The van der Waals surface area contributed by atoms with Gasteiger partial charge in [-0.15, -0.1) is 0 Å². The summed E-state index contributed by atoms with van der Waals surface area (Å²) in [7, 11) is 0. The van der Waals surface area contributed by atoms with E-state index in [4.69, 9.17) is 25.5 Å². The van der Waals surface area contributed by atoms with E-state index in [1.165, 1.54) is 19.3 Å². The molecule has 0 aliphatic heterocycles. The van der Waals surface area contributed by atoms with Gasteiger partial charge in [0.15, 0.2) is 0 Å². The van der Waals surface area contributed by atoms with Crippen LogP contribution in [0.4, 0.5) is 0 Å². The zero-order valence-corrected chi connectivity index (χ0v) is 13.2. The number of aliphatic hydroxyl groups excluding tert-OH is 1. The molecule has 0 saturated carbocycles. The number of carboxylic acid groups (broad SMARTS) is 4. The molecule has 0 saturated heterocycles. The molecule has 9 nitrogen and oxygen atoms in total. The predicted molar refractivity (Wildman–Crippen MR) is 80.2 cm³/mol. The summed E-state index contributed by atoms with van der Waals surface area (Å²) < 4.78 is 0. The van der Waals surface area contributed by atoms with Crippen LogP contribution in [-0.4, -0.2) is 56.0 Å². The van der Waals surface area contributed by atoms with Crippen LogP contribution < -0.4 is 0 Å². The van der Waals surface area contributed by atoms with Crippen LogP contribution in [0.1, 0.15) is 58.3 Å². The standard InChI is InChI=1S/C6H14O.2C4H6O4/c1-2-3-4-5-6-7;2*5-3(6)1-2-4(7)8/h7H,2-6H2,1H3;2*1-2H2,(H,5,6)(H,7,8). The molecule has 0 aliphatic rings. The van der Waals surface area contributed by atoms with Crippen LogP contribution >= 0.6 is 0 Å². The molecule has 0 fully saturated rings. The van der Waals surface area contributed by atoms with Crippen molar-refractivity contribution < 1.29 is 44.7 Å². The first kappa shape index (κ1) is 25.8. The minimum absolute atomic E-state index is 0.296. The molecule has 0 aromatic carbocycles. The van der Waals surface area contributed by atoms with Crippen molar-refractivity contribution >= 4 is 23.9 Å². The lowest BCUT2D eigenvalue weighted by Gasteiger charge is -1.90. The Balaban J connectivity index is -0.000000262. The van der Waals surface area contributed by atoms with Gasteiger partial charge in [0, 0.05) is 6.61 Å². The van der Waals surface area contributed by atoms with Crippen molar-refractivity contribution in [3.63, 3.8) is 0 Å². The van der Waals surface area contributed by atoms with Crippen LogP contribution in [0.5, 0.6) is 0 Å². The highest BCUT2D eigenvalue weighted by Crippen LogP contribution is 1.96. The van der Waals surface area contributed by atoms with Crippen LogP contribution in [0.25, 0.3) is 0 Å². The average molecular weight is 338 g/mol. The number of hydrogen-bond donors (Lipinski definition) is 5. The number of carboxylic acids is 4. The minimum Gasteiger partial charge on any atom is -0.481 e. The van der Waals surface area contributed by atoms with Crippen LogP contribution in [0.15, 0.2) is 0 Å². The van der Waals surface area contributed by atoms with E-state index >= 15 is 0 Å². The summed E-state index contributed by atoms with van der Waals surface area (Å²) in [6.45, 7) is 2.53. The third-order valence-electron chi connectivity index (χ3n) is 2.12. The maximum atomic E-state index is 9.64. The molecule has 0 radical (unpaired) electrons. The molecule has 0 atom stereocenters. The Kier molecular flexibility index (Phi) is 22.2. The van der Waals surface area contributed by atoms with Crippen LogP contribution in [0.2, 0.25) is 0 Å². The van der Waals surface area contributed by atoms with Gasteiger partial charge in [0.05, 0.1) is 25.7 Å². The Morgan fingerprint density at radius 1 is 0.609 bits per heavy atom. The van der Waals surface area contributed by atoms with E-state index in [2.05, 4.69) is 6.92 Å². The largest absolute Gasteiger partial charge is 0.481 e. The van der Waals surface area contributed by atoms with E-state index in [0.717, 1.165) is 6.42 Å². The topological polar surface area (TPSA) is 169 Å². The first-order valence-electron chi connectivity index (χ1n) is 7.15. The smallest absolute Gasteiger partial charge is 0.303 e. The highest BCUT2D eigenvalue weighted by Gasteiger charge is 2.01. The lowest BCUT2D eigenvalue weighted by molar-refractivity contribution is -0.143. The Labute approximate surface area is 134 Å². The summed E-state index contributed by atoms with van der Waals surface area (Å²) in [5.74, 6) is -4.31. The summed E-state index contributed by atoms with van der Waals surface area (Å²) in [5, 5.41) is 39.9. The lowest BCUT2D eigenvalue weighted by atomic mass is 10.2. The van der Waals surface area contributed by atoms with Crippen molar-refractivity contribution in [3.05, 3.63) is 0 Å². The van der Waals surface area contributed by atoms with Gasteiger partial charge in [-0.3, -0.25) is 19.2 Å². The van der Waals surface area contributed by atoms with Gasteiger partial charge < -0.3 is 25.5 Å². The SMILES string of the molecule is CCCCCCO.O=C(O)CCC(=O)O.O=C(O)CCC(=O)O. The van der Waals surface area contributed by atoms with Crippen molar-refractivity contribution in [1.82, 2.24) is 0 Å². The van der Waals surface area contributed by atoms with Crippen molar-refractivity contribution in [3.8, 4) is 0 Å². The first-order chi connectivity index (χ1) is 10.7. The molecule has 0 unspecified atom stereocenters. The quantitative estimate of drug-likeness (QED) is 0.370. The van der Waals surface area contributed by atoms with Crippen LogP contribution in [0, 0.1) is 0 Å². The number of aliphatic hydroxyl groups is 1. The third kappa shape index (κ3) is 45.0. The maximum Gasteiger partial charge on any atom is 0.303 e. The average Bonchev–Trinajstić information content (AvgIpc) is 2.45. The number of unbranched alkanes of at least 4 members (excludes halogenated alkanes) is 3. The Morgan fingerprint density at radius 3 is 1.09 bits per heavy atom. The minimum atomic E-state index is -1.08. The van der Waals surface area contributed by atoms with E-state index in [0.29, 0.717) is 6.61 Å². The van der Waals surface area contributed by atoms with Crippen molar-refractivity contribution in [2.24, 2.45) is 0 Å². The molecular weight excluding hydrogens is 312 g/mol. The summed E-state index contributed by atoms with van der Waals surface area (Å²) >= 11 is 0. The molecule has 0 spiro atoms. The molecule has 0 amide bonds. The van der Waals surface area contributed by atoms with Crippen molar-refractivity contribution in [2.75, 3.05) is 6.61 Å². The fraction of sp³-hybridized carbons (Fsp3) is 0.714. The lowest BCUT2D eigenvalue weighted by Crippen LogP contribution is -2.00. The van der Waals surface area contributed by atoms with Crippen LogP contribution in [-0.2, 0) is 19.2 Å².